The van der Waals surface area contributed by atoms with E-state index in [1.165, 1.54) is 0 Å². The third-order valence-electron chi connectivity index (χ3n) is 8.04. The Morgan fingerprint density at radius 3 is 2.31 bits per heavy atom. The molecule has 3 aromatic heterocycles. The van der Waals surface area contributed by atoms with Gasteiger partial charge in [0.2, 0.25) is 10.0 Å². The van der Waals surface area contributed by atoms with Crippen molar-refractivity contribution in [2.45, 2.75) is 61.8 Å². The van der Waals surface area contributed by atoms with Crippen molar-refractivity contribution in [1.29, 1.82) is 5.26 Å². The first-order chi connectivity index (χ1) is 18.8. The molecule has 1 saturated carbocycles. The van der Waals surface area contributed by atoms with Crippen LogP contribution in [0.4, 0.5) is 5.82 Å². The molecule has 1 saturated heterocycles. The van der Waals surface area contributed by atoms with Crippen LogP contribution in [0.25, 0.3) is 16.8 Å². The molecule has 2 aliphatic rings. The molecule has 4 heterocycles. The lowest BCUT2D eigenvalue weighted by molar-refractivity contribution is 0.329. The van der Waals surface area contributed by atoms with Crippen LogP contribution in [-0.2, 0) is 15.4 Å². The SMILES string of the molecule is CC(C)c1cnc2ccc(-c3ccc(S(=O)(=O)N4CCC(Nc5ccc(C6(C#N)CC6)cn5)CC4)cc3)cn12. The summed E-state index contributed by atoms with van der Waals surface area (Å²) in [4.78, 5) is 9.30. The van der Waals surface area contributed by atoms with Gasteiger partial charge in [0.05, 0.1) is 16.4 Å². The minimum atomic E-state index is -3.57. The number of hydrogen-bond donors (Lipinski definition) is 1. The Labute approximate surface area is 229 Å². The highest BCUT2D eigenvalue weighted by Gasteiger charge is 2.45. The normalized spacial score (nSPS) is 17.8. The minimum absolute atomic E-state index is 0.150. The van der Waals surface area contributed by atoms with Crippen LogP contribution in [0.1, 0.15) is 56.7 Å². The van der Waals surface area contributed by atoms with Crippen LogP contribution in [0, 0.1) is 11.3 Å². The molecule has 1 aliphatic heterocycles. The lowest BCUT2D eigenvalue weighted by atomic mass is 10.00. The predicted molar refractivity (Wildman–Crippen MR) is 151 cm³/mol. The van der Waals surface area contributed by atoms with Crippen LogP contribution in [0.5, 0.6) is 0 Å². The highest BCUT2D eigenvalue weighted by Crippen LogP contribution is 2.47. The molecule has 1 aromatic carbocycles. The summed E-state index contributed by atoms with van der Waals surface area (Å²) in [6.07, 6.45) is 8.96. The Morgan fingerprint density at radius 1 is 0.974 bits per heavy atom. The first-order valence-electron chi connectivity index (χ1n) is 13.5. The number of nitriles is 1. The van der Waals surface area contributed by atoms with Crippen LogP contribution < -0.4 is 5.32 Å². The molecule has 0 atom stereocenters. The van der Waals surface area contributed by atoms with Crippen molar-refractivity contribution in [3.63, 3.8) is 0 Å². The van der Waals surface area contributed by atoms with Gasteiger partial charge in [-0.25, -0.2) is 18.4 Å². The summed E-state index contributed by atoms with van der Waals surface area (Å²) in [7, 11) is -3.57. The van der Waals surface area contributed by atoms with E-state index in [-0.39, 0.29) is 11.5 Å². The van der Waals surface area contributed by atoms with E-state index in [1.54, 1.807) is 22.6 Å². The van der Waals surface area contributed by atoms with Crippen molar-refractivity contribution < 1.29 is 8.42 Å². The summed E-state index contributed by atoms with van der Waals surface area (Å²) < 4.78 is 30.4. The first-order valence-corrected chi connectivity index (χ1v) is 14.9. The fraction of sp³-hybridized carbons (Fsp3) is 0.367. The number of aromatic nitrogens is 3. The third-order valence-corrected chi connectivity index (χ3v) is 9.95. The standard InChI is InChI=1S/C30H32N6O2S/c1-21(2)27-18-33-29-10-5-23(19-36(27)29)22-3-7-26(8-4-22)39(37,38)35-15-11-25(12-16-35)34-28-9-6-24(17-32-28)30(20-31)13-14-30/h3-10,17-19,21,25H,11-16H2,1-2H3,(H,32,34). The van der Waals surface area contributed by atoms with E-state index in [1.807, 2.05) is 42.6 Å². The molecule has 0 amide bonds. The van der Waals surface area contributed by atoms with Gasteiger partial charge in [-0.3, -0.25) is 0 Å². The Balaban J connectivity index is 1.10. The summed E-state index contributed by atoms with van der Waals surface area (Å²) in [5, 5.41) is 12.8. The number of fused-ring (bicyclic) bond motifs is 1. The zero-order valence-corrected chi connectivity index (χ0v) is 23.0. The van der Waals surface area contributed by atoms with E-state index in [2.05, 4.69) is 45.8 Å². The number of hydrogen-bond acceptors (Lipinski definition) is 6. The molecular weight excluding hydrogens is 508 g/mol. The molecular formula is C30H32N6O2S. The number of anilines is 1. The van der Waals surface area contributed by atoms with E-state index in [9.17, 15) is 13.7 Å². The van der Waals surface area contributed by atoms with Crippen LogP contribution >= 0.6 is 0 Å². The van der Waals surface area contributed by atoms with Crippen molar-refractivity contribution in [2.75, 3.05) is 18.4 Å². The van der Waals surface area contributed by atoms with Gasteiger partial charge >= 0.3 is 0 Å². The second kappa shape index (κ2) is 9.78. The average molecular weight is 541 g/mol. The molecule has 2 fully saturated rings. The van der Waals surface area contributed by atoms with Crippen molar-refractivity contribution in [3.8, 4) is 17.2 Å². The molecule has 0 spiro atoms. The number of sulfonamides is 1. The van der Waals surface area contributed by atoms with Crippen molar-refractivity contribution in [3.05, 3.63) is 78.4 Å². The Bertz CT molecular complexity index is 1640. The molecule has 39 heavy (non-hydrogen) atoms. The first kappa shape index (κ1) is 25.5. The molecule has 6 rings (SSSR count). The van der Waals surface area contributed by atoms with E-state index < -0.39 is 10.0 Å². The zero-order chi connectivity index (χ0) is 27.2. The topological polar surface area (TPSA) is 103 Å². The summed E-state index contributed by atoms with van der Waals surface area (Å²) in [6, 6.07) is 17.6. The van der Waals surface area contributed by atoms with Gasteiger partial charge in [0.25, 0.3) is 0 Å². The number of nitrogens with one attached hydrogen (secondary N) is 1. The summed E-state index contributed by atoms with van der Waals surface area (Å²) in [5.41, 5.74) is 4.65. The van der Waals surface area contributed by atoms with E-state index >= 15 is 0 Å². The van der Waals surface area contributed by atoms with Gasteiger partial charge in [0.1, 0.15) is 11.5 Å². The number of nitrogens with zero attached hydrogens (tertiary/aromatic N) is 5. The van der Waals surface area contributed by atoms with Gasteiger partial charge < -0.3 is 9.72 Å². The maximum Gasteiger partial charge on any atom is 0.243 e. The molecule has 1 N–H and O–H groups in total. The van der Waals surface area contributed by atoms with Crippen molar-refractivity contribution in [2.24, 2.45) is 0 Å². The van der Waals surface area contributed by atoms with Gasteiger partial charge in [-0.15, -0.1) is 0 Å². The van der Waals surface area contributed by atoms with Crippen molar-refractivity contribution >= 4 is 21.5 Å². The number of imidazole rings is 1. The monoisotopic (exact) mass is 540 g/mol. The molecule has 1 aliphatic carbocycles. The van der Waals surface area contributed by atoms with Gasteiger partial charge in [-0.05, 0) is 78.6 Å². The van der Waals surface area contributed by atoms with Crippen molar-refractivity contribution in [1.82, 2.24) is 18.7 Å². The Morgan fingerprint density at radius 2 is 1.69 bits per heavy atom. The summed E-state index contributed by atoms with van der Waals surface area (Å²) in [6.45, 7) is 5.19. The minimum Gasteiger partial charge on any atom is -0.367 e. The zero-order valence-electron chi connectivity index (χ0n) is 22.2. The van der Waals surface area contributed by atoms with E-state index in [0.29, 0.717) is 36.7 Å². The highest BCUT2D eigenvalue weighted by atomic mass is 32.2. The molecule has 8 nitrogen and oxygen atoms in total. The lowest BCUT2D eigenvalue weighted by Gasteiger charge is -2.32. The van der Waals surface area contributed by atoms with Crippen LogP contribution in [0.2, 0.25) is 0 Å². The quantitative estimate of drug-likeness (QED) is 0.339. The second-order valence-electron chi connectivity index (χ2n) is 11.0. The van der Waals surface area contributed by atoms with Crippen LogP contribution in [0.3, 0.4) is 0 Å². The summed E-state index contributed by atoms with van der Waals surface area (Å²) >= 11 is 0. The van der Waals surface area contributed by atoms with Gasteiger partial charge in [-0.1, -0.05) is 32.0 Å². The molecule has 200 valence electrons. The molecule has 4 aromatic rings. The van der Waals surface area contributed by atoms with Crippen LogP contribution in [-0.4, -0.2) is 46.2 Å². The fourth-order valence-corrected chi connectivity index (χ4v) is 6.84. The van der Waals surface area contributed by atoms with E-state index in [4.69, 9.17) is 0 Å². The second-order valence-corrected chi connectivity index (χ2v) is 12.9. The maximum atomic E-state index is 13.4. The Kier molecular flexibility index (Phi) is 6.40. The molecule has 0 radical (unpaired) electrons. The highest BCUT2D eigenvalue weighted by molar-refractivity contribution is 7.89. The number of piperidine rings is 1. The molecule has 9 heteroatoms. The lowest BCUT2D eigenvalue weighted by Crippen LogP contribution is -2.42. The van der Waals surface area contributed by atoms with E-state index in [0.717, 1.165) is 46.7 Å². The van der Waals surface area contributed by atoms with Crippen LogP contribution in [0.15, 0.2) is 72.0 Å². The third kappa shape index (κ3) is 4.79. The fourth-order valence-electron chi connectivity index (χ4n) is 5.37. The summed E-state index contributed by atoms with van der Waals surface area (Å²) in [5.74, 6) is 1.11. The molecule has 0 unspecified atom stereocenters. The largest absolute Gasteiger partial charge is 0.367 e. The predicted octanol–water partition coefficient (Wildman–Crippen LogP) is 5.34. The smallest absolute Gasteiger partial charge is 0.243 e. The van der Waals surface area contributed by atoms with Gasteiger partial charge in [-0.2, -0.15) is 9.57 Å². The molecule has 0 bridgehead atoms. The number of benzene rings is 1. The van der Waals surface area contributed by atoms with Gasteiger partial charge in [0, 0.05) is 43.4 Å². The maximum absolute atomic E-state index is 13.4. The van der Waals surface area contributed by atoms with Gasteiger partial charge in [0.15, 0.2) is 0 Å². The average Bonchev–Trinajstić information content (AvgIpc) is 3.64. The number of rotatable bonds is 7. The number of pyridine rings is 2. The Hall–Kier alpha value is -3.74.